The molecular formula is C10H17N3O2. The summed E-state index contributed by atoms with van der Waals surface area (Å²) in [6, 6.07) is 1.96. The van der Waals surface area contributed by atoms with Crippen LogP contribution in [0.5, 0.6) is 0 Å². The standard InChI is InChI=1S/C10H17N3O2/c1-7(9(12)15)4-5-8(14)13-10(2,3)6-11/h7H,4-5H2,1-3H3,(H2,12,15)(H,13,14). The second kappa shape index (κ2) is 5.35. The van der Waals surface area contributed by atoms with E-state index in [1.165, 1.54) is 0 Å². The number of nitrogens with two attached hydrogens (primary N) is 1. The van der Waals surface area contributed by atoms with Crippen LogP contribution in [0.1, 0.15) is 33.6 Å². The molecular weight excluding hydrogens is 194 g/mol. The highest BCUT2D eigenvalue weighted by Gasteiger charge is 2.20. The van der Waals surface area contributed by atoms with E-state index in [1.54, 1.807) is 20.8 Å². The molecule has 0 fully saturated rings. The molecule has 0 rings (SSSR count). The molecule has 1 atom stereocenters. The van der Waals surface area contributed by atoms with Gasteiger partial charge < -0.3 is 11.1 Å². The van der Waals surface area contributed by atoms with Gasteiger partial charge in [0, 0.05) is 12.3 Å². The summed E-state index contributed by atoms with van der Waals surface area (Å²) in [6.07, 6.45) is 0.609. The Hall–Kier alpha value is -1.57. The minimum atomic E-state index is -0.868. The van der Waals surface area contributed by atoms with E-state index in [1.807, 2.05) is 6.07 Å². The van der Waals surface area contributed by atoms with Crippen LogP contribution >= 0.6 is 0 Å². The molecule has 0 spiro atoms. The van der Waals surface area contributed by atoms with Crippen molar-refractivity contribution in [2.45, 2.75) is 39.2 Å². The molecule has 84 valence electrons. The Kier molecular flexibility index (Phi) is 4.79. The normalized spacial score (nSPS) is 12.7. The summed E-state index contributed by atoms with van der Waals surface area (Å²) in [5.74, 6) is -0.974. The Balaban J connectivity index is 3.97. The van der Waals surface area contributed by atoms with Gasteiger partial charge in [-0.15, -0.1) is 0 Å². The quantitative estimate of drug-likeness (QED) is 0.684. The second-order valence-electron chi connectivity index (χ2n) is 4.13. The van der Waals surface area contributed by atoms with E-state index in [0.29, 0.717) is 6.42 Å². The minimum Gasteiger partial charge on any atom is -0.369 e. The number of rotatable bonds is 5. The lowest BCUT2D eigenvalue weighted by atomic mass is 10.0. The second-order valence-corrected chi connectivity index (χ2v) is 4.13. The van der Waals surface area contributed by atoms with E-state index in [0.717, 1.165) is 0 Å². The molecule has 0 aliphatic heterocycles. The molecule has 2 amide bonds. The summed E-state index contributed by atoms with van der Waals surface area (Å²) in [7, 11) is 0. The monoisotopic (exact) mass is 211 g/mol. The molecule has 0 aromatic rings. The van der Waals surface area contributed by atoms with Crippen LogP contribution in [0.2, 0.25) is 0 Å². The molecule has 0 saturated heterocycles. The number of amides is 2. The number of nitrogens with zero attached hydrogens (tertiary/aromatic N) is 1. The molecule has 5 nitrogen and oxygen atoms in total. The summed E-state index contributed by atoms with van der Waals surface area (Å²) < 4.78 is 0. The summed E-state index contributed by atoms with van der Waals surface area (Å²) in [5, 5.41) is 11.2. The van der Waals surface area contributed by atoms with Crippen molar-refractivity contribution in [1.29, 1.82) is 5.26 Å². The number of carbonyl (C=O) groups is 2. The zero-order valence-electron chi connectivity index (χ0n) is 9.33. The Labute approximate surface area is 89.6 Å². The van der Waals surface area contributed by atoms with Crippen LogP contribution in [0.15, 0.2) is 0 Å². The van der Waals surface area contributed by atoms with Gasteiger partial charge in [-0.2, -0.15) is 5.26 Å². The average Bonchev–Trinajstić information content (AvgIpc) is 2.13. The first kappa shape index (κ1) is 13.4. The minimum absolute atomic E-state index is 0.204. The fraction of sp³-hybridized carbons (Fsp3) is 0.700. The van der Waals surface area contributed by atoms with E-state index in [-0.39, 0.29) is 18.2 Å². The van der Waals surface area contributed by atoms with Crippen LogP contribution in [0.3, 0.4) is 0 Å². The van der Waals surface area contributed by atoms with Crippen molar-refractivity contribution in [3.05, 3.63) is 0 Å². The highest BCUT2D eigenvalue weighted by atomic mass is 16.2. The van der Waals surface area contributed by atoms with Crippen molar-refractivity contribution in [3.63, 3.8) is 0 Å². The summed E-state index contributed by atoms with van der Waals surface area (Å²) >= 11 is 0. The maximum atomic E-state index is 11.3. The van der Waals surface area contributed by atoms with Gasteiger partial charge in [0.1, 0.15) is 5.54 Å². The van der Waals surface area contributed by atoms with E-state index < -0.39 is 11.4 Å². The van der Waals surface area contributed by atoms with Crippen LogP contribution in [0, 0.1) is 17.2 Å². The van der Waals surface area contributed by atoms with Gasteiger partial charge in [0.25, 0.3) is 0 Å². The molecule has 0 radical (unpaired) electrons. The fourth-order valence-electron chi connectivity index (χ4n) is 0.929. The zero-order chi connectivity index (χ0) is 12.1. The first-order chi connectivity index (χ1) is 6.78. The molecule has 0 heterocycles. The predicted molar refractivity (Wildman–Crippen MR) is 55.4 cm³/mol. The average molecular weight is 211 g/mol. The van der Waals surface area contributed by atoms with E-state index in [9.17, 15) is 9.59 Å². The van der Waals surface area contributed by atoms with Gasteiger partial charge >= 0.3 is 0 Å². The third-order valence-corrected chi connectivity index (χ3v) is 2.02. The topological polar surface area (TPSA) is 96.0 Å². The van der Waals surface area contributed by atoms with Crippen molar-refractivity contribution >= 4 is 11.8 Å². The maximum absolute atomic E-state index is 11.3. The lowest BCUT2D eigenvalue weighted by Gasteiger charge is -2.17. The Bertz CT molecular complexity index is 292. The lowest BCUT2D eigenvalue weighted by Crippen LogP contribution is -2.42. The van der Waals surface area contributed by atoms with Crippen molar-refractivity contribution in [2.24, 2.45) is 11.7 Å². The summed E-state index contributed by atoms with van der Waals surface area (Å²) in [5.41, 5.74) is 4.18. The van der Waals surface area contributed by atoms with Gasteiger partial charge in [0.05, 0.1) is 6.07 Å². The lowest BCUT2D eigenvalue weighted by molar-refractivity contribution is -0.123. The van der Waals surface area contributed by atoms with E-state index in [2.05, 4.69) is 5.32 Å². The molecule has 0 saturated carbocycles. The van der Waals surface area contributed by atoms with Crippen LogP contribution in [0.25, 0.3) is 0 Å². The molecule has 0 aliphatic rings. The van der Waals surface area contributed by atoms with Gasteiger partial charge in [-0.25, -0.2) is 0 Å². The predicted octanol–water partition coefficient (Wildman–Crippen LogP) is 0.306. The maximum Gasteiger partial charge on any atom is 0.221 e. The summed E-state index contributed by atoms with van der Waals surface area (Å²) in [4.78, 5) is 22.0. The number of nitrogens with one attached hydrogen (secondary N) is 1. The molecule has 1 unspecified atom stereocenters. The number of hydrogen-bond donors (Lipinski definition) is 2. The van der Waals surface area contributed by atoms with Crippen LogP contribution in [0.4, 0.5) is 0 Å². The van der Waals surface area contributed by atoms with Gasteiger partial charge in [0.15, 0.2) is 0 Å². The third kappa shape index (κ3) is 5.68. The van der Waals surface area contributed by atoms with Crippen molar-refractivity contribution in [1.82, 2.24) is 5.32 Å². The Morgan fingerprint density at radius 2 is 2.07 bits per heavy atom. The Morgan fingerprint density at radius 3 is 2.47 bits per heavy atom. The highest BCUT2D eigenvalue weighted by molar-refractivity contribution is 5.79. The molecule has 3 N–H and O–H groups in total. The first-order valence-corrected chi connectivity index (χ1v) is 4.80. The van der Waals surface area contributed by atoms with E-state index in [4.69, 9.17) is 11.0 Å². The molecule has 0 bridgehead atoms. The van der Waals surface area contributed by atoms with Gasteiger partial charge in [0.2, 0.25) is 11.8 Å². The van der Waals surface area contributed by atoms with Gasteiger partial charge in [-0.1, -0.05) is 6.92 Å². The first-order valence-electron chi connectivity index (χ1n) is 4.80. The third-order valence-electron chi connectivity index (χ3n) is 2.02. The largest absolute Gasteiger partial charge is 0.369 e. The highest BCUT2D eigenvalue weighted by Crippen LogP contribution is 2.06. The molecule has 15 heavy (non-hydrogen) atoms. The summed E-state index contributed by atoms with van der Waals surface area (Å²) in [6.45, 7) is 4.90. The number of primary amides is 1. The van der Waals surface area contributed by atoms with Crippen LogP contribution in [-0.4, -0.2) is 17.4 Å². The molecule has 0 aromatic carbocycles. The molecule has 0 aromatic heterocycles. The van der Waals surface area contributed by atoms with Gasteiger partial charge in [-0.05, 0) is 20.3 Å². The van der Waals surface area contributed by atoms with Crippen LogP contribution < -0.4 is 11.1 Å². The van der Waals surface area contributed by atoms with Crippen LogP contribution in [-0.2, 0) is 9.59 Å². The van der Waals surface area contributed by atoms with Gasteiger partial charge in [-0.3, -0.25) is 9.59 Å². The smallest absolute Gasteiger partial charge is 0.221 e. The molecule has 0 aliphatic carbocycles. The van der Waals surface area contributed by atoms with Crippen molar-refractivity contribution < 1.29 is 9.59 Å². The zero-order valence-corrected chi connectivity index (χ0v) is 9.33. The van der Waals surface area contributed by atoms with Crippen molar-refractivity contribution in [2.75, 3.05) is 0 Å². The fourth-order valence-corrected chi connectivity index (χ4v) is 0.929. The SMILES string of the molecule is CC(CCC(=O)NC(C)(C)C#N)C(N)=O. The number of nitriles is 1. The molecule has 5 heteroatoms. The number of carbonyl (C=O) groups excluding carboxylic acids is 2. The number of hydrogen-bond acceptors (Lipinski definition) is 3. The van der Waals surface area contributed by atoms with Crippen molar-refractivity contribution in [3.8, 4) is 6.07 Å². The van der Waals surface area contributed by atoms with E-state index >= 15 is 0 Å². The Morgan fingerprint density at radius 1 is 1.53 bits per heavy atom.